The Balaban J connectivity index is 2.15. The summed E-state index contributed by atoms with van der Waals surface area (Å²) in [7, 11) is 1.38. The van der Waals surface area contributed by atoms with Gasteiger partial charge in [-0.25, -0.2) is 4.79 Å². The summed E-state index contributed by atoms with van der Waals surface area (Å²) in [4.78, 5) is 11.5. The maximum absolute atomic E-state index is 11.5. The summed E-state index contributed by atoms with van der Waals surface area (Å²) in [6.07, 6.45) is 4.84. The molecule has 1 fully saturated rings. The monoisotopic (exact) mass is 220 g/mol. The van der Waals surface area contributed by atoms with Crippen molar-refractivity contribution in [2.24, 2.45) is 0 Å². The topological polar surface area (TPSA) is 35.5 Å². The van der Waals surface area contributed by atoms with Crippen molar-refractivity contribution in [1.29, 1.82) is 0 Å². The van der Waals surface area contributed by atoms with E-state index in [1.165, 1.54) is 20.0 Å². The van der Waals surface area contributed by atoms with Crippen LogP contribution in [0.3, 0.4) is 0 Å². The quantitative estimate of drug-likeness (QED) is 0.735. The summed E-state index contributed by atoms with van der Waals surface area (Å²) in [5.41, 5.74) is 0.511. The summed E-state index contributed by atoms with van der Waals surface area (Å²) in [6.45, 7) is 0. The van der Waals surface area contributed by atoms with Crippen LogP contribution in [0.5, 0.6) is 5.75 Å². The second-order valence-corrected chi connectivity index (χ2v) is 4.01. The summed E-state index contributed by atoms with van der Waals surface area (Å²) < 4.78 is 10.6. The van der Waals surface area contributed by atoms with Crippen molar-refractivity contribution in [2.75, 3.05) is 7.11 Å². The minimum Gasteiger partial charge on any atom is -0.490 e. The highest BCUT2D eigenvalue weighted by Gasteiger charge is 2.19. The molecule has 3 nitrogen and oxygen atoms in total. The molecule has 0 radical (unpaired) electrons. The zero-order valence-electron chi connectivity index (χ0n) is 9.44. The Bertz CT molecular complexity index is 367. The molecule has 0 spiro atoms. The summed E-state index contributed by atoms with van der Waals surface area (Å²) in [6, 6.07) is 7.24. The van der Waals surface area contributed by atoms with Gasteiger partial charge in [0.05, 0.1) is 13.2 Å². The Kier molecular flexibility index (Phi) is 3.44. The van der Waals surface area contributed by atoms with E-state index in [1.54, 1.807) is 6.07 Å². The van der Waals surface area contributed by atoms with Gasteiger partial charge in [-0.05, 0) is 37.8 Å². The van der Waals surface area contributed by atoms with E-state index < -0.39 is 0 Å². The van der Waals surface area contributed by atoms with Crippen molar-refractivity contribution in [2.45, 2.75) is 31.8 Å². The lowest BCUT2D eigenvalue weighted by molar-refractivity contribution is 0.0593. The number of carbonyl (C=O) groups excluding carboxylic acids is 1. The summed E-state index contributed by atoms with van der Waals surface area (Å²) >= 11 is 0. The van der Waals surface area contributed by atoms with Gasteiger partial charge < -0.3 is 9.47 Å². The Morgan fingerprint density at radius 1 is 1.25 bits per heavy atom. The predicted molar refractivity (Wildman–Crippen MR) is 60.7 cm³/mol. The van der Waals surface area contributed by atoms with Crippen LogP contribution < -0.4 is 4.74 Å². The van der Waals surface area contributed by atoms with Crippen molar-refractivity contribution in [1.82, 2.24) is 0 Å². The van der Waals surface area contributed by atoms with Gasteiger partial charge in [0.25, 0.3) is 0 Å². The van der Waals surface area contributed by atoms with Crippen molar-refractivity contribution >= 4 is 5.97 Å². The SMILES string of the molecule is COC(=O)c1ccccc1OC1CCCC1. The average molecular weight is 220 g/mol. The van der Waals surface area contributed by atoms with Crippen LogP contribution in [0.2, 0.25) is 0 Å². The van der Waals surface area contributed by atoms with Gasteiger partial charge in [0.2, 0.25) is 0 Å². The van der Waals surface area contributed by atoms with Crippen LogP contribution in [0, 0.1) is 0 Å². The number of carbonyl (C=O) groups is 1. The number of hydrogen-bond donors (Lipinski definition) is 0. The summed E-state index contributed by atoms with van der Waals surface area (Å²) in [5.74, 6) is 0.301. The summed E-state index contributed by atoms with van der Waals surface area (Å²) in [5, 5.41) is 0. The molecule has 1 saturated carbocycles. The highest BCUT2D eigenvalue weighted by molar-refractivity contribution is 5.92. The van der Waals surface area contributed by atoms with E-state index in [0.717, 1.165) is 12.8 Å². The van der Waals surface area contributed by atoms with Crippen LogP contribution in [0.25, 0.3) is 0 Å². The van der Waals surface area contributed by atoms with Crippen LogP contribution >= 0.6 is 0 Å². The van der Waals surface area contributed by atoms with Crippen molar-refractivity contribution in [3.8, 4) is 5.75 Å². The molecule has 1 aliphatic carbocycles. The van der Waals surface area contributed by atoms with Crippen LogP contribution in [0.4, 0.5) is 0 Å². The number of rotatable bonds is 3. The van der Waals surface area contributed by atoms with Gasteiger partial charge >= 0.3 is 5.97 Å². The molecule has 1 aromatic rings. The third kappa shape index (κ3) is 2.35. The molecular weight excluding hydrogens is 204 g/mol. The third-order valence-electron chi connectivity index (χ3n) is 2.89. The first kappa shape index (κ1) is 11.0. The molecule has 86 valence electrons. The lowest BCUT2D eigenvalue weighted by Crippen LogP contribution is -2.14. The van der Waals surface area contributed by atoms with E-state index in [2.05, 4.69) is 0 Å². The molecule has 0 aliphatic heterocycles. The van der Waals surface area contributed by atoms with Crippen molar-refractivity contribution < 1.29 is 14.3 Å². The van der Waals surface area contributed by atoms with E-state index in [0.29, 0.717) is 11.3 Å². The molecule has 16 heavy (non-hydrogen) atoms. The Labute approximate surface area is 95.4 Å². The molecule has 0 bridgehead atoms. The highest BCUT2D eigenvalue weighted by atomic mass is 16.5. The molecule has 0 N–H and O–H groups in total. The van der Waals surface area contributed by atoms with Gasteiger partial charge in [-0.3, -0.25) is 0 Å². The molecule has 1 aliphatic rings. The van der Waals surface area contributed by atoms with Gasteiger partial charge in [0.1, 0.15) is 11.3 Å². The predicted octanol–water partition coefficient (Wildman–Crippen LogP) is 2.79. The number of esters is 1. The average Bonchev–Trinajstić information content (AvgIpc) is 2.82. The number of ether oxygens (including phenoxy) is 2. The van der Waals surface area contributed by atoms with E-state index in [-0.39, 0.29) is 12.1 Å². The maximum atomic E-state index is 11.5. The number of hydrogen-bond acceptors (Lipinski definition) is 3. The zero-order valence-corrected chi connectivity index (χ0v) is 9.44. The standard InChI is InChI=1S/C13H16O3/c1-15-13(14)11-8-4-5-9-12(11)16-10-6-2-3-7-10/h4-5,8-10H,2-3,6-7H2,1H3. The molecule has 2 rings (SSSR count). The largest absolute Gasteiger partial charge is 0.490 e. The molecule has 0 aromatic heterocycles. The third-order valence-corrected chi connectivity index (χ3v) is 2.89. The molecule has 0 saturated heterocycles. The molecule has 0 amide bonds. The van der Waals surface area contributed by atoms with Crippen LogP contribution in [-0.4, -0.2) is 19.2 Å². The van der Waals surface area contributed by atoms with E-state index in [1.807, 2.05) is 18.2 Å². The van der Waals surface area contributed by atoms with Crippen LogP contribution in [-0.2, 0) is 4.74 Å². The fourth-order valence-electron chi connectivity index (χ4n) is 2.03. The minimum absolute atomic E-state index is 0.255. The second-order valence-electron chi connectivity index (χ2n) is 4.01. The van der Waals surface area contributed by atoms with Gasteiger partial charge in [0, 0.05) is 0 Å². The lowest BCUT2D eigenvalue weighted by Gasteiger charge is -2.15. The molecule has 0 unspecified atom stereocenters. The Morgan fingerprint density at radius 3 is 2.62 bits per heavy atom. The van der Waals surface area contributed by atoms with Crippen molar-refractivity contribution in [3.05, 3.63) is 29.8 Å². The number of benzene rings is 1. The minimum atomic E-state index is -0.339. The maximum Gasteiger partial charge on any atom is 0.341 e. The van der Waals surface area contributed by atoms with E-state index >= 15 is 0 Å². The zero-order chi connectivity index (χ0) is 11.4. The smallest absolute Gasteiger partial charge is 0.341 e. The Hall–Kier alpha value is -1.51. The van der Waals surface area contributed by atoms with Gasteiger partial charge in [-0.15, -0.1) is 0 Å². The molecule has 1 aromatic carbocycles. The lowest BCUT2D eigenvalue weighted by atomic mass is 10.2. The van der Waals surface area contributed by atoms with Crippen LogP contribution in [0.15, 0.2) is 24.3 Å². The molecule has 0 atom stereocenters. The molecular formula is C13H16O3. The number of methoxy groups -OCH3 is 1. The van der Waals surface area contributed by atoms with Crippen LogP contribution in [0.1, 0.15) is 36.0 Å². The van der Waals surface area contributed by atoms with Gasteiger partial charge in [0.15, 0.2) is 0 Å². The fourth-order valence-corrected chi connectivity index (χ4v) is 2.03. The van der Waals surface area contributed by atoms with Crippen molar-refractivity contribution in [3.63, 3.8) is 0 Å². The normalized spacial score (nSPS) is 16.1. The first-order chi connectivity index (χ1) is 7.81. The first-order valence-corrected chi connectivity index (χ1v) is 5.65. The number of para-hydroxylation sites is 1. The fraction of sp³-hybridized carbons (Fsp3) is 0.462. The Morgan fingerprint density at radius 2 is 1.94 bits per heavy atom. The highest BCUT2D eigenvalue weighted by Crippen LogP contribution is 2.26. The van der Waals surface area contributed by atoms with E-state index in [4.69, 9.17) is 9.47 Å². The van der Waals surface area contributed by atoms with E-state index in [9.17, 15) is 4.79 Å². The van der Waals surface area contributed by atoms with Gasteiger partial charge in [-0.2, -0.15) is 0 Å². The first-order valence-electron chi connectivity index (χ1n) is 5.65. The van der Waals surface area contributed by atoms with Gasteiger partial charge in [-0.1, -0.05) is 12.1 Å². The molecule has 0 heterocycles. The second kappa shape index (κ2) is 5.01. The molecule has 3 heteroatoms.